The smallest absolute Gasteiger partial charge is 0.256 e. The fourth-order valence-corrected chi connectivity index (χ4v) is 5.06. The van der Waals surface area contributed by atoms with Gasteiger partial charge in [0.1, 0.15) is 17.5 Å². The van der Waals surface area contributed by atoms with Gasteiger partial charge in [0.2, 0.25) is 5.56 Å². The molecule has 0 radical (unpaired) electrons. The number of nitrogens with zero attached hydrogens (tertiary/aromatic N) is 3. The standard InChI is InChI=1S/C26H20ClF3N4O2/c1-13-24-19(25(33(2)32-24)15-7-16(28)9-17(29)8-15)5-6-34(13)26(36)21-11-18(30)10-20(23(21)27)14-3-4-22(35)31-12-14/h3-4,7-13H,5-6H2,1-2H3,(H,31,35)/t13-/m0/s1. The normalized spacial score (nSPS) is 15.2. The fourth-order valence-electron chi connectivity index (χ4n) is 4.76. The van der Waals surface area contributed by atoms with Crippen LogP contribution in [0.2, 0.25) is 5.02 Å². The van der Waals surface area contributed by atoms with Crippen LogP contribution < -0.4 is 5.56 Å². The van der Waals surface area contributed by atoms with E-state index in [4.69, 9.17) is 11.6 Å². The molecule has 36 heavy (non-hydrogen) atoms. The van der Waals surface area contributed by atoms with Crippen molar-refractivity contribution >= 4 is 17.5 Å². The number of H-pyrrole nitrogens is 1. The first-order valence-electron chi connectivity index (χ1n) is 11.2. The van der Waals surface area contributed by atoms with Gasteiger partial charge in [-0.05, 0) is 49.2 Å². The van der Waals surface area contributed by atoms with Crippen molar-refractivity contribution in [2.75, 3.05) is 6.54 Å². The number of aromatic amines is 1. The van der Waals surface area contributed by atoms with Crippen LogP contribution in [0.3, 0.4) is 0 Å². The predicted molar refractivity (Wildman–Crippen MR) is 129 cm³/mol. The Morgan fingerprint density at radius 3 is 2.42 bits per heavy atom. The number of hydrogen-bond acceptors (Lipinski definition) is 3. The van der Waals surface area contributed by atoms with Gasteiger partial charge in [-0.25, -0.2) is 13.2 Å². The van der Waals surface area contributed by atoms with Crippen molar-refractivity contribution in [1.29, 1.82) is 0 Å². The second kappa shape index (κ2) is 8.98. The van der Waals surface area contributed by atoms with Gasteiger partial charge in [0.15, 0.2) is 0 Å². The second-order valence-corrected chi connectivity index (χ2v) is 9.05. The van der Waals surface area contributed by atoms with Crippen LogP contribution in [-0.4, -0.2) is 32.1 Å². The summed E-state index contributed by atoms with van der Waals surface area (Å²) in [6.07, 6.45) is 1.78. The summed E-state index contributed by atoms with van der Waals surface area (Å²) in [5.74, 6) is -2.52. The first-order valence-corrected chi connectivity index (χ1v) is 11.5. The highest BCUT2D eigenvalue weighted by Gasteiger charge is 2.34. The van der Waals surface area contributed by atoms with Crippen molar-refractivity contribution in [3.63, 3.8) is 0 Å². The van der Waals surface area contributed by atoms with Gasteiger partial charge >= 0.3 is 0 Å². The van der Waals surface area contributed by atoms with Gasteiger partial charge in [-0.3, -0.25) is 14.3 Å². The molecule has 0 unspecified atom stereocenters. The number of amides is 1. The molecule has 0 spiro atoms. The molecule has 1 atom stereocenters. The molecule has 0 aliphatic carbocycles. The SMILES string of the molecule is C[C@H]1c2nn(C)c(-c3cc(F)cc(F)c3)c2CCN1C(=O)c1cc(F)cc(-c2ccc(=O)[nH]c2)c1Cl. The number of nitrogens with one attached hydrogen (secondary N) is 1. The van der Waals surface area contributed by atoms with E-state index in [1.807, 2.05) is 0 Å². The Kier molecular flexibility index (Phi) is 5.96. The molecular formula is C26H20ClF3N4O2. The maximum absolute atomic E-state index is 14.6. The molecule has 2 aromatic carbocycles. The fraction of sp³-hybridized carbons (Fsp3) is 0.192. The van der Waals surface area contributed by atoms with Crippen molar-refractivity contribution in [3.8, 4) is 22.4 Å². The molecule has 1 N–H and O–H groups in total. The van der Waals surface area contributed by atoms with Gasteiger partial charge in [0, 0.05) is 48.6 Å². The van der Waals surface area contributed by atoms with E-state index in [2.05, 4.69) is 10.1 Å². The quantitative estimate of drug-likeness (QED) is 0.406. The monoisotopic (exact) mass is 512 g/mol. The maximum atomic E-state index is 14.6. The lowest BCUT2D eigenvalue weighted by Crippen LogP contribution is -2.39. The minimum absolute atomic E-state index is 0.0171. The van der Waals surface area contributed by atoms with Crippen LogP contribution >= 0.6 is 11.6 Å². The molecule has 6 nitrogen and oxygen atoms in total. The molecule has 0 saturated heterocycles. The summed E-state index contributed by atoms with van der Waals surface area (Å²) in [6.45, 7) is 2.05. The Balaban J connectivity index is 1.52. The summed E-state index contributed by atoms with van der Waals surface area (Å²) in [5.41, 5.74) is 2.70. The molecule has 1 aliphatic heterocycles. The number of halogens is 4. The van der Waals surface area contributed by atoms with E-state index in [-0.39, 0.29) is 28.3 Å². The van der Waals surface area contributed by atoms with Crippen LogP contribution in [0.4, 0.5) is 13.2 Å². The van der Waals surface area contributed by atoms with Crippen LogP contribution in [0.5, 0.6) is 0 Å². The highest BCUT2D eigenvalue weighted by atomic mass is 35.5. The van der Waals surface area contributed by atoms with Crippen LogP contribution in [0.15, 0.2) is 53.5 Å². The molecule has 3 heterocycles. The predicted octanol–water partition coefficient (Wildman–Crippen LogP) is 5.27. The average Bonchev–Trinajstić information content (AvgIpc) is 3.17. The number of carbonyl (C=O) groups is 1. The van der Waals surface area contributed by atoms with Gasteiger partial charge in [0.05, 0.1) is 28.0 Å². The number of hydrogen-bond donors (Lipinski definition) is 1. The molecular weight excluding hydrogens is 493 g/mol. The third-order valence-electron chi connectivity index (χ3n) is 6.40. The molecule has 2 aromatic heterocycles. The minimum atomic E-state index is -0.695. The lowest BCUT2D eigenvalue weighted by atomic mass is 9.94. The number of aryl methyl sites for hydroxylation is 1. The Morgan fingerprint density at radius 1 is 1.06 bits per heavy atom. The highest BCUT2D eigenvalue weighted by molar-refractivity contribution is 6.36. The summed E-state index contributed by atoms with van der Waals surface area (Å²) in [7, 11) is 1.68. The van der Waals surface area contributed by atoms with E-state index < -0.39 is 29.4 Å². The van der Waals surface area contributed by atoms with Gasteiger partial charge in [-0.1, -0.05) is 11.6 Å². The topological polar surface area (TPSA) is 71.0 Å². The molecule has 0 bridgehead atoms. The summed E-state index contributed by atoms with van der Waals surface area (Å²) in [4.78, 5) is 29.0. The summed E-state index contributed by atoms with van der Waals surface area (Å²) in [5, 5.41) is 4.60. The van der Waals surface area contributed by atoms with Crippen LogP contribution in [0.25, 0.3) is 22.4 Å². The molecule has 0 saturated carbocycles. The first-order chi connectivity index (χ1) is 17.1. The number of pyridine rings is 1. The summed E-state index contributed by atoms with van der Waals surface area (Å²) >= 11 is 6.56. The number of fused-ring (bicyclic) bond motifs is 1. The summed E-state index contributed by atoms with van der Waals surface area (Å²) < 4.78 is 43.9. The van der Waals surface area contributed by atoms with E-state index in [1.54, 1.807) is 23.6 Å². The zero-order valence-electron chi connectivity index (χ0n) is 19.3. The molecule has 1 aliphatic rings. The zero-order valence-corrected chi connectivity index (χ0v) is 20.0. The van der Waals surface area contributed by atoms with Crippen molar-refractivity contribution in [3.05, 3.63) is 98.3 Å². The van der Waals surface area contributed by atoms with Gasteiger partial charge in [0.25, 0.3) is 5.91 Å². The van der Waals surface area contributed by atoms with Crippen LogP contribution in [0, 0.1) is 17.5 Å². The Labute approximate surface area is 208 Å². The van der Waals surface area contributed by atoms with E-state index in [9.17, 15) is 22.8 Å². The van der Waals surface area contributed by atoms with Gasteiger partial charge in [-0.15, -0.1) is 0 Å². The maximum Gasteiger partial charge on any atom is 0.256 e. The largest absolute Gasteiger partial charge is 0.330 e. The van der Waals surface area contributed by atoms with Crippen LogP contribution in [0.1, 0.15) is 34.6 Å². The Morgan fingerprint density at radius 2 is 1.75 bits per heavy atom. The molecule has 10 heteroatoms. The second-order valence-electron chi connectivity index (χ2n) is 8.68. The van der Waals surface area contributed by atoms with Crippen LogP contribution in [-0.2, 0) is 13.5 Å². The zero-order chi connectivity index (χ0) is 25.7. The molecule has 1 amide bonds. The molecule has 4 aromatic rings. The van der Waals surface area contributed by atoms with Crippen molar-refractivity contribution < 1.29 is 18.0 Å². The van der Waals surface area contributed by atoms with E-state index >= 15 is 0 Å². The number of carbonyl (C=O) groups excluding carboxylic acids is 1. The third-order valence-corrected chi connectivity index (χ3v) is 6.81. The summed E-state index contributed by atoms with van der Waals surface area (Å²) in [6, 6.07) is 7.86. The number of benzene rings is 2. The number of aromatic nitrogens is 3. The van der Waals surface area contributed by atoms with Crippen molar-refractivity contribution in [2.45, 2.75) is 19.4 Å². The third kappa shape index (κ3) is 4.09. The lowest BCUT2D eigenvalue weighted by Gasteiger charge is -2.33. The molecule has 0 fully saturated rings. The number of rotatable bonds is 3. The Bertz CT molecular complexity index is 1540. The molecule has 184 valence electrons. The van der Waals surface area contributed by atoms with E-state index in [0.29, 0.717) is 28.9 Å². The van der Waals surface area contributed by atoms with E-state index in [1.165, 1.54) is 36.5 Å². The molecule has 5 rings (SSSR count). The average molecular weight is 513 g/mol. The van der Waals surface area contributed by atoms with Crippen molar-refractivity contribution in [2.24, 2.45) is 7.05 Å². The van der Waals surface area contributed by atoms with Crippen molar-refractivity contribution in [1.82, 2.24) is 19.7 Å². The van der Waals surface area contributed by atoms with Gasteiger partial charge in [-0.2, -0.15) is 5.10 Å². The van der Waals surface area contributed by atoms with Gasteiger partial charge < -0.3 is 9.88 Å². The van der Waals surface area contributed by atoms with E-state index in [0.717, 1.165) is 17.7 Å². The Hall–Kier alpha value is -3.85. The lowest BCUT2D eigenvalue weighted by molar-refractivity contribution is 0.0673. The minimum Gasteiger partial charge on any atom is -0.330 e. The first kappa shape index (κ1) is 23.9. The highest BCUT2D eigenvalue weighted by Crippen LogP contribution is 2.38.